The third kappa shape index (κ3) is 3.96. The fourth-order valence-corrected chi connectivity index (χ4v) is 3.19. The number of hydrogen-bond donors (Lipinski definition) is 2. The first-order chi connectivity index (χ1) is 9.39. The number of nitrogens with two attached hydrogens (primary N) is 1. The molecule has 1 amide bonds. The van der Waals surface area contributed by atoms with E-state index in [1.54, 1.807) is 17.8 Å². The van der Waals surface area contributed by atoms with Crippen molar-refractivity contribution in [2.45, 2.75) is 31.4 Å². The summed E-state index contributed by atoms with van der Waals surface area (Å²) in [7, 11) is 0. The molecule has 1 aromatic carbocycles. The monoisotopic (exact) mass is 334 g/mol. The number of rotatable bonds is 6. The Balaban J connectivity index is 2.87. The molecule has 112 valence electrons. The lowest BCUT2D eigenvalue weighted by Crippen LogP contribution is -2.39. The van der Waals surface area contributed by atoms with Crippen LogP contribution in [0.1, 0.15) is 37.0 Å². The van der Waals surface area contributed by atoms with Crippen LogP contribution in [0.25, 0.3) is 0 Å². The highest BCUT2D eigenvalue weighted by Crippen LogP contribution is 2.31. The minimum Gasteiger partial charge on any atom is -0.399 e. The van der Waals surface area contributed by atoms with Gasteiger partial charge in [-0.25, -0.2) is 0 Å². The summed E-state index contributed by atoms with van der Waals surface area (Å²) in [6.45, 7) is 4.83. The molecular formula is C14H20Cl2N2OS. The van der Waals surface area contributed by atoms with Gasteiger partial charge in [0.2, 0.25) is 0 Å². The molecule has 0 heterocycles. The van der Waals surface area contributed by atoms with Gasteiger partial charge in [-0.3, -0.25) is 4.79 Å². The zero-order valence-corrected chi connectivity index (χ0v) is 14.3. The minimum atomic E-state index is -0.246. The van der Waals surface area contributed by atoms with Crippen LogP contribution in [0.4, 0.5) is 5.69 Å². The Kier molecular flexibility index (Phi) is 6.49. The van der Waals surface area contributed by atoms with Crippen LogP contribution in [0, 0.1) is 0 Å². The molecule has 3 N–H and O–H groups in total. The van der Waals surface area contributed by atoms with Gasteiger partial charge < -0.3 is 11.1 Å². The number of thioether (sulfide) groups is 1. The van der Waals surface area contributed by atoms with Crippen LogP contribution in [-0.4, -0.2) is 23.5 Å². The van der Waals surface area contributed by atoms with Gasteiger partial charge in [-0.1, -0.05) is 37.0 Å². The average Bonchev–Trinajstić information content (AvgIpc) is 2.44. The van der Waals surface area contributed by atoms with Crippen LogP contribution < -0.4 is 11.1 Å². The highest BCUT2D eigenvalue weighted by atomic mass is 35.5. The molecule has 0 aliphatic carbocycles. The summed E-state index contributed by atoms with van der Waals surface area (Å²) in [4.78, 5) is 12.2. The quantitative estimate of drug-likeness (QED) is 0.765. The molecule has 0 radical (unpaired) electrons. The van der Waals surface area contributed by atoms with Gasteiger partial charge in [0.15, 0.2) is 0 Å². The van der Waals surface area contributed by atoms with Crippen molar-refractivity contribution in [3.63, 3.8) is 0 Å². The summed E-state index contributed by atoms with van der Waals surface area (Å²) in [5.41, 5.74) is 6.44. The van der Waals surface area contributed by atoms with Crippen molar-refractivity contribution in [2.24, 2.45) is 0 Å². The van der Waals surface area contributed by atoms with Gasteiger partial charge in [0, 0.05) is 17.0 Å². The fourth-order valence-electron chi connectivity index (χ4n) is 1.97. The molecule has 0 bridgehead atoms. The molecule has 1 rings (SSSR count). The Bertz CT molecular complexity index is 482. The van der Waals surface area contributed by atoms with E-state index in [2.05, 4.69) is 25.4 Å². The van der Waals surface area contributed by atoms with Gasteiger partial charge in [-0.15, -0.1) is 0 Å². The van der Waals surface area contributed by atoms with E-state index in [9.17, 15) is 4.79 Å². The van der Waals surface area contributed by atoms with Gasteiger partial charge in [0.25, 0.3) is 5.91 Å². The second-order valence-corrected chi connectivity index (χ2v) is 6.70. The van der Waals surface area contributed by atoms with E-state index in [1.165, 1.54) is 6.07 Å². The maximum absolute atomic E-state index is 12.2. The zero-order chi connectivity index (χ0) is 15.3. The molecule has 0 saturated heterocycles. The molecule has 6 heteroatoms. The van der Waals surface area contributed by atoms with E-state index in [0.29, 0.717) is 22.8 Å². The molecule has 0 aliphatic rings. The van der Waals surface area contributed by atoms with Gasteiger partial charge in [0.1, 0.15) is 0 Å². The molecule has 0 saturated carbocycles. The molecule has 0 atom stereocenters. The maximum Gasteiger partial charge on any atom is 0.252 e. The van der Waals surface area contributed by atoms with Crippen LogP contribution >= 0.6 is 35.0 Å². The Hall–Kier alpha value is -0.580. The van der Waals surface area contributed by atoms with E-state index < -0.39 is 0 Å². The summed E-state index contributed by atoms with van der Waals surface area (Å²) in [5.74, 6) is -0.246. The van der Waals surface area contributed by atoms with Crippen molar-refractivity contribution in [3.8, 4) is 0 Å². The molecule has 0 aromatic heterocycles. The second-order valence-electron chi connectivity index (χ2n) is 4.64. The van der Waals surface area contributed by atoms with E-state index in [4.69, 9.17) is 28.9 Å². The summed E-state index contributed by atoms with van der Waals surface area (Å²) in [6, 6.07) is 3.08. The second kappa shape index (κ2) is 7.43. The third-order valence-electron chi connectivity index (χ3n) is 3.59. The van der Waals surface area contributed by atoms with E-state index in [-0.39, 0.29) is 15.7 Å². The third-order valence-corrected chi connectivity index (χ3v) is 5.98. The van der Waals surface area contributed by atoms with E-state index >= 15 is 0 Å². The largest absolute Gasteiger partial charge is 0.399 e. The lowest BCUT2D eigenvalue weighted by atomic mass is 10.0. The van der Waals surface area contributed by atoms with Crippen molar-refractivity contribution in [1.82, 2.24) is 5.32 Å². The van der Waals surface area contributed by atoms with Crippen molar-refractivity contribution in [2.75, 3.05) is 18.5 Å². The first-order valence-corrected chi connectivity index (χ1v) is 8.45. The molecule has 1 aromatic rings. The molecule has 20 heavy (non-hydrogen) atoms. The van der Waals surface area contributed by atoms with Crippen LogP contribution in [0.3, 0.4) is 0 Å². The molecule has 0 aliphatic heterocycles. The van der Waals surface area contributed by atoms with Crippen LogP contribution in [0.5, 0.6) is 0 Å². The molecule has 0 fully saturated rings. The van der Waals surface area contributed by atoms with Crippen LogP contribution in [-0.2, 0) is 0 Å². The van der Waals surface area contributed by atoms with Gasteiger partial charge in [0.05, 0.1) is 15.6 Å². The van der Waals surface area contributed by atoms with Crippen molar-refractivity contribution in [1.29, 1.82) is 0 Å². The van der Waals surface area contributed by atoms with Crippen LogP contribution in [0.15, 0.2) is 12.1 Å². The average molecular weight is 335 g/mol. The molecule has 0 unspecified atom stereocenters. The van der Waals surface area contributed by atoms with Gasteiger partial charge in [-0.2, -0.15) is 11.8 Å². The summed E-state index contributed by atoms with van der Waals surface area (Å²) >= 11 is 13.8. The molecular weight excluding hydrogens is 315 g/mol. The topological polar surface area (TPSA) is 55.1 Å². The Morgan fingerprint density at radius 1 is 1.35 bits per heavy atom. The number of nitrogen functional groups attached to an aromatic ring is 1. The minimum absolute atomic E-state index is 0.0479. The smallest absolute Gasteiger partial charge is 0.252 e. The molecule has 3 nitrogen and oxygen atoms in total. The Morgan fingerprint density at radius 3 is 2.45 bits per heavy atom. The first kappa shape index (κ1) is 17.5. The standard InChI is InChI=1S/C14H20Cl2N2OS/c1-4-14(5-2,20-3)8-18-13(19)10-6-9(17)7-11(15)12(10)16/h6-7H,4-5,8,17H2,1-3H3,(H,18,19). The zero-order valence-electron chi connectivity index (χ0n) is 11.9. The summed E-state index contributed by atoms with van der Waals surface area (Å²) in [6.07, 6.45) is 4.02. The predicted octanol–water partition coefficient (Wildman–Crippen LogP) is 4.23. The van der Waals surface area contributed by atoms with E-state index in [1.807, 2.05) is 0 Å². The summed E-state index contributed by atoms with van der Waals surface area (Å²) in [5, 5.41) is 3.46. The number of carbonyl (C=O) groups excluding carboxylic acids is 1. The number of amides is 1. The number of benzene rings is 1. The van der Waals surface area contributed by atoms with Gasteiger partial charge in [-0.05, 0) is 31.2 Å². The number of anilines is 1. The lowest BCUT2D eigenvalue weighted by Gasteiger charge is -2.29. The first-order valence-electron chi connectivity index (χ1n) is 6.47. The van der Waals surface area contributed by atoms with Crippen molar-refractivity contribution >= 4 is 46.6 Å². The van der Waals surface area contributed by atoms with Crippen LogP contribution in [0.2, 0.25) is 10.0 Å². The highest BCUT2D eigenvalue weighted by molar-refractivity contribution is 8.00. The Labute approximate surface area is 134 Å². The highest BCUT2D eigenvalue weighted by Gasteiger charge is 2.26. The van der Waals surface area contributed by atoms with Crippen molar-refractivity contribution in [3.05, 3.63) is 27.7 Å². The number of hydrogen-bond acceptors (Lipinski definition) is 3. The maximum atomic E-state index is 12.2. The molecule has 0 spiro atoms. The number of nitrogens with one attached hydrogen (secondary N) is 1. The van der Waals surface area contributed by atoms with E-state index in [0.717, 1.165) is 12.8 Å². The normalized spacial score (nSPS) is 11.4. The van der Waals surface area contributed by atoms with Crippen molar-refractivity contribution < 1.29 is 4.79 Å². The summed E-state index contributed by atoms with van der Waals surface area (Å²) < 4.78 is 0.0479. The number of halogens is 2. The SMILES string of the molecule is CCC(CC)(CNC(=O)c1cc(N)cc(Cl)c1Cl)SC. The fraction of sp³-hybridized carbons (Fsp3) is 0.500. The number of carbonyl (C=O) groups is 1. The Morgan fingerprint density at radius 2 is 1.95 bits per heavy atom. The van der Waals surface area contributed by atoms with Gasteiger partial charge >= 0.3 is 0 Å². The predicted molar refractivity (Wildman–Crippen MR) is 90.0 cm³/mol. The lowest BCUT2D eigenvalue weighted by molar-refractivity contribution is 0.0949.